The van der Waals surface area contributed by atoms with E-state index in [4.69, 9.17) is 11.6 Å². The van der Waals surface area contributed by atoms with Crippen LogP contribution in [0.4, 0.5) is 20.2 Å². The number of hydrogen-bond donors (Lipinski definition) is 1. The van der Waals surface area contributed by atoms with E-state index in [1.54, 1.807) is 0 Å². The molecule has 0 saturated carbocycles. The Balaban J connectivity index is 2.89. The van der Waals surface area contributed by atoms with Crippen LogP contribution >= 0.6 is 11.6 Å². The van der Waals surface area contributed by atoms with E-state index in [1.807, 2.05) is 5.32 Å². The monoisotopic (exact) mass is 292 g/mol. The molecule has 0 heterocycles. The standard InChI is InChI=1S/C11H11ClF2N2O3/c12-6-2-1-3-9(17)15-11-8(16(18)19)5-4-7(13)10(11)14/h4-5H,1-3,6H2,(H,15,17). The lowest BCUT2D eigenvalue weighted by Crippen LogP contribution is -2.14. The first kappa shape index (κ1) is 15.3. The quantitative estimate of drug-likeness (QED) is 0.379. The predicted molar refractivity (Wildman–Crippen MR) is 66.2 cm³/mol. The number of unbranched alkanes of at least 4 members (excludes halogenated alkanes) is 1. The van der Waals surface area contributed by atoms with Crippen molar-refractivity contribution in [1.82, 2.24) is 0 Å². The van der Waals surface area contributed by atoms with Crippen molar-refractivity contribution < 1.29 is 18.5 Å². The first-order valence-corrected chi connectivity index (χ1v) is 5.99. The van der Waals surface area contributed by atoms with Gasteiger partial charge >= 0.3 is 0 Å². The fraction of sp³-hybridized carbons (Fsp3) is 0.364. The number of benzene rings is 1. The van der Waals surface area contributed by atoms with E-state index in [0.717, 1.165) is 6.07 Å². The number of nitrogens with zero attached hydrogens (tertiary/aromatic N) is 1. The molecular weight excluding hydrogens is 282 g/mol. The third kappa shape index (κ3) is 4.13. The first-order valence-electron chi connectivity index (χ1n) is 5.45. The van der Waals surface area contributed by atoms with Gasteiger partial charge in [-0.15, -0.1) is 11.6 Å². The zero-order valence-corrected chi connectivity index (χ0v) is 10.5. The Bertz CT molecular complexity index is 497. The zero-order valence-electron chi connectivity index (χ0n) is 9.79. The van der Waals surface area contributed by atoms with Gasteiger partial charge in [-0.1, -0.05) is 0 Å². The molecule has 0 aromatic heterocycles. The third-order valence-electron chi connectivity index (χ3n) is 2.32. The number of carbonyl (C=O) groups is 1. The molecule has 0 bridgehead atoms. The fourth-order valence-electron chi connectivity index (χ4n) is 1.39. The molecule has 1 N–H and O–H groups in total. The molecule has 0 spiro atoms. The van der Waals surface area contributed by atoms with Crippen LogP contribution < -0.4 is 5.32 Å². The molecule has 0 aliphatic heterocycles. The van der Waals surface area contributed by atoms with Gasteiger partial charge in [0.2, 0.25) is 5.91 Å². The van der Waals surface area contributed by atoms with Crippen molar-refractivity contribution in [1.29, 1.82) is 0 Å². The number of carbonyl (C=O) groups excluding carboxylic acids is 1. The van der Waals surface area contributed by atoms with E-state index in [0.29, 0.717) is 24.8 Å². The lowest BCUT2D eigenvalue weighted by Gasteiger charge is -2.07. The molecule has 8 heteroatoms. The number of rotatable bonds is 6. The average molecular weight is 293 g/mol. The molecule has 1 aromatic carbocycles. The van der Waals surface area contributed by atoms with Gasteiger partial charge in [-0.05, 0) is 18.9 Å². The van der Waals surface area contributed by atoms with E-state index in [9.17, 15) is 23.7 Å². The Kier molecular flexibility index (Phi) is 5.62. The number of nitrogens with one attached hydrogen (secondary N) is 1. The van der Waals surface area contributed by atoms with Crippen molar-refractivity contribution in [3.8, 4) is 0 Å². The van der Waals surface area contributed by atoms with Crippen LogP contribution in [0.2, 0.25) is 0 Å². The highest BCUT2D eigenvalue weighted by Crippen LogP contribution is 2.29. The zero-order chi connectivity index (χ0) is 14.4. The lowest BCUT2D eigenvalue weighted by atomic mass is 10.2. The van der Waals surface area contributed by atoms with E-state index >= 15 is 0 Å². The topological polar surface area (TPSA) is 72.2 Å². The molecule has 0 radical (unpaired) electrons. The van der Waals surface area contributed by atoms with Crippen LogP contribution in [0, 0.1) is 21.7 Å². The molecule has 0 atom stereocenters. The number of alkyl halides is 1. The summed E-state index contributed by atoms with van der Waals surface area (Å²) in [6, 6.07) is 1.43. The minimum absolute atomic E-state index is 0.0276. The van der Waals surface area contributed by atoms with Crippen molar-refractivity contribution in [3.63, 3.8) is 0 Å². The molecule has 1 aromatic rings. The minimum atomic E-state index is -1.44. The maximum Gasteiger partial charge on any atom is 0.296 e. The lowest BCUT2D eigenvalue weighted by molar-refractivity contribution is -0.384. The van der Waals surface area contributed by atoms with Crippen molar-refractivity contribution >= 4 is 28.9 Å². The second kappa shape index (κ2) is 6.98. The normalized spacial score (nSPS) is 10.3. The van der Waals surface area contributed by atoms with Gasteiger partial charge < -0.3 is 5.32 Å². The SMILES string of the molecule is O=C(CCCCCl)Nc1c([N+](=O)[O-])ccc(F)c1F. The Morgan fingerprint density at radius 1 is 1.37 bits per heavy atom. The van der Waals surface area contributed by atoms with Gasteiger partial charge in [0.15, 0.2) is 17.3 Å². The molecule has 0 aliphatic rings. The Morgan fingerprint density at radius 2 is 2.05 bits per heavy atom. The van der Waals surface area contributed by atoms with Crippen LogP contribution in [0.3, 0.4) is 0 Å². The molecule has 0 aliphatic carbocycles. The molecule has 5 nitrogen and oxygen atoms in total. The molecular formula is C11H11ClF2N2O3. The average Bonchev–Trinajstić information content (AvgIpc) is 2.35. The molecule has 104 valence electrons. The molecule has 0 fully saturated rings. The highest BCUT2D eigenvalue weighted by molar-refractivity contribution is 6.17. The van der Waals surface area contributed by atoms with Gasteiger partial charge in [0.1, 0.15) is 0 Å². The largest absolute Gasteiger partial charge is 0.318 e. The van der Waals surface area contributed by atoms with Crippen LogP contribution in [0.15, 0.2) is 12.1 Å². The second-order valence-corrected chi connectivity index (χ2v) is 4.08. The summed E-state index contributed by atoms with van der Waals surface area (Å²) in [5, 5.41) is 12.7. The van der Waals surface area contributed by atoms with Gasteiger partial charge in [0.25, 0.3) is 5.69 Å². The summed E-state index contributed by atoms with van der Waals surface area (Å²) in [5.41, 5.74) is -1.44. The first-order chi connectivity index (χ1) is 8.97. The van der Waals surface area contributed by atoms with Crippen LogP contribution in [0.25, 0.3) is 0 Å². The summed E-state index contributed by atoms with van der Waals surface area (Å²) in [6.07, 6.45) is 1.07. The van der Waals surface area contributed by atoms with Crippen LogP contribution in [-0.4, -0.2) is 16.7 Å². The number of nitro benzene ring substituents is 1. The van der Waals surface area contributed by atoms with E-state index in [1.165, 1.54) is 0 Å². The summed E-state index contributed by atoms with van der Waals surface area (Å²) in [6.45, 7) is 0. The van der Waals surface area contributed by atoms with Gasteiger partial charge in [0, 0.05) is 18.4 Å². The van der Waals surface area contributed by atoms with E-state index in [2.05, 4.69) is 0 Å². The predicted octanol–water partition coefficient (Wildman–Crippen LogP) is 3.22. The molecule has 0 saturated heterocycles. The van der Waals surface area contributed by atoms with E-state index in [-0.39, 0.29) is 6.42 Å². The number of amides is 1. The van der Waals surface area contributed by atoms with E-state index < -0.39 is 33.8 Å². The number of nitro groups is 1. The van der Waals surface area contributed by atoms with Crippen molar-refractivity contribution in [2.45, 2.75) is 19.3 Å². The summed E-state index contributed by atoms with van der Waals surface area (Å²) >= 11 is 5.43. The van der Waals surface area contributed by atoms with Crippen LogP contribution in [0.5, 0.6) is 0 Å². The maximum absolute atomic E-state index is 13.5. The smallest absolute Gasteiger partial charge is 0.296 e. The Morgan fingerprint density at radius 3 is 2.63 bits per heavy atom. The van der Waals surface area contributed by atoms with Gasteiger partial charge in [-0.2, -0.15) is 0 Å². The van der Waals surface area contributed by atoms with Gasteiger partial charge in [-0.25, -0.2) is 8.78 Å². The number of halogens is 3. The summed E-state index contributed by atoms with van der Waals surface area (Å²) in [4.78, 5) is 21.2. The van der Waals surface area contributed by atoms with Crippen molar-refractivity contribution in [2.24, 2.45) is 0 Å². The Labute approximate surface area is 112 Å². The second-order valence-electron chi connectivity index (χ2n) is 3.71. The van der Waals surface area contributed by atoms with Crippen molar-refractivity contribution in [2.75, 3.05) is 11.2 Å². The Hall–Kier alpha value is -1.76. The van der Waals surface area contributed by atoms with Crippen LogP contribution in [0.1, 0.15) is 19.3 Å². The summed E-state index contributed by atoms with van der Waals surface area (Å²) in [7, 11) is 0. The molecule has 1 rings (SSSR count). The molecule has 19 heavy (non-hydrogen) atoms. The summed E-state index contributed by atoms with van der Waals surface area (Å²) in [5.74, 6) is -2.96. The molecule has 0 unspecified atom stereocenters. The van der Waals surface area contributed by atoms with Gasteiger partial charge in [0.05, 0.1) is 4.92 Å². The molecule has 1 amide bonds. The number of anilines is 1. The fourth-order valence-corrected chi connectivity index (χ4v) is 1.58. The minimum Gasteiger partial charge on any atom is -0.318 e. The van der Waals surface area contributed by atoms with Crippen LogP contribution in [-0.2, 0) is 4.79 Å². The number of hydrogen-bond acceptors (Lipinski definition) is 3. The maximum atomic E-state index is 13.5. The highest BCUT2D eigenvalue weighted by atomic mass is 35.5. The highest BCUT2D eigenvalue weighted by Gasteiger charge is 2.23. The van der Waals surface area contributed by atoms with Crippen molar-refractivity contribution in [3.05, 3.63) is 33.9 Å². The summed E-state index contributed by atoms with van der Waals surface area (Å²) < 4.78 is 26.5. The third-order valence-corrected chi connectivity index (χ3v) is 2.59. The van der Waals surface area contributed by atoms with Gasteiger partial charge in [-0.3, -0.25) is 14.9 Å².